The van der Waals surface area contributed by atoms with Crippen molar-refractivity contribution in [3.05, 3.63) is 0 Å². The smallest absolute Gasteiger partial charge is 0.306 e. The molecule has 5 atom stereocenters. The lowest BCUT2D eigenvalue weighted by Gasteiger charge is -2.26. The number of carboxylic acid groups (broad SMARTS) is 1. The van der Waals surface area contributed by atoms with Crippen molar-refractivity contribution < 1.29 is 20.1 Å². The zero-order valence-electron chi connectivity index (χ0n) is 6.55. The first-order chi connectivity index (χ1) is 5.61. The van der Waals surface area contributed by atoms with Crippen molar-refractivity contribution in [2.45, 2.75) is 25.0 Å². The summed E-state index contributed by atoms with van der Waals surface area (Å²) in [5, 5.41) is 27.5. The van der Waals surface area contributed by atoms with E-state index in [1.165, 1.54) is 0 Å². The molecule has 2 aliphatic carbocycles. The van der Waals surface area contributed by atoms with Crippen LogP contribution in [-0.2, 0) is 4.79 Å². The van der Waals surface area contributed by atoms with Crippen LogP contribution in [0.1, 0.15) is 12.8 Å². The Labute approximate surface area is 69.8 Å². The van der Waals surface area contributed by atoms with Crippen molar-refractivity contribution in [3.63, 3.8) is 0 Å². The van der Waals surface area contributed by atoms with Gasteiger partial charge in [0.25, 0.3) is 0 Å². The monoisotopic (exact) mass is 172 g/mol. The van der Waals surface area contributed by atoms with Gasteiger partial charge in [0.05, 0.1) is 18.1 Å². The van der Waals surface area contributed by atoms with E-state index < -0.39 is 24.1 Å². The molecule has 0 radical (unpaired) electrons. The van der Waals surface area contributed by atoms with E-state index in [9.17, 15) is 15.0 Å². The Morgan fingerprint density at radius 1 is 1.17 bits per heavy atom. The molecule has 12 heavy (non-hydrogen) atoms. The van der Waals surface area contributed by atoms with E-state index in [-0.39, 0.29) is 11.8 Å². The number of carboxylic acids is 1. The molecule has 0 aromatic heterocycles. The van der Waals surface area contributed by atoms with Crippen LogP contribution in [0, 0.1) is 17.8 Å². The van der Waals surface area contributed by atoms with Crippen molar-refractivity contribution in [2.24, 2.45) is 17.8 Å². The molecule has 4 nitrogen and oxygen atoms in total. The quantitative estimate of drug-likeness (QED) is 0.496. The summed E-state index contributed by atoms with van der Waals surface area (Å²) in [6.07, 6.45) is -0.312. The molecule has 0 saturated heterocycles. The normalized spacial score (nSPS) is 51.3. The minimum atomic E-state index is -0.839. The second kappa shape index (κ2) is 2.44. The van der Waals surface area contributed by atoms with Gasteiger partial charge in [0.1, 0.15) is 0 Å². The van der Waals surface area contributed by atoms with Crippen LogP contribution in [0.5, 0.6) is 0 Å². The summed E-state index contributed by atoms with van der Waals surface area (Å²) < 4.78 is 0. The fourth-order valence-electron chi connectivity index (χ4n) is 2.58. The average molecular weight is 172 g/mol. The fraction of sp³-hybridized carbons (Fsp3) is 0.875. The second-order valence-corrected chi connectivity index (χ2v) is 3.82. The number of aliphatic hydroxyl groups is 2. The Morgan fingerprint density at radius 3 is 2.25 bits per heavy atom. The first-order valence-electron chi connectivity index (χ1n) is 4.20. The predicted molar refractivity (Wildman–Crippen MR) is 39.4 cm³/mol. The predicted octanol–water partition coefficient (Wildman–Crippen LogP) is -0.551. The van der Waals surface area contributed by atoms with E-state index in [2.05, 4.69) is 0 Å². The molecular weight excluding hydrogens is 160 g/mol. The standard InChI is InChI=1S/C8H12O4/c9-6-3-1-4(7(6)10)5(2-3)8(11)12/h3-7,9-10H,1-2H2,(H,11,12)/t3-,4+,5-,6-,7+/m0/s1. The van der Waals surface area contributed by atoms with Crippen LogP contribution < -0.4 is 0 Å². The first-order valence-corrected chi connectivity index (χ1v) is 4.20. The van der Waals surface area contributed by atoms with Crippen molar-refractivity contribution >= 4 is 5.97 Å². The zero-order valence-corrected chi connectivity index (χ0v) is 6.55. The van der Waals surface area contributed by atoms with Crippen LogP contribution in [0.25, 0.3) is 0 Å². The number of aliphatic carboxylic acids is 1. The van der Waals surface area contributed by atoms with Crippen molar-refractivity contribution in [3.8, 4) is 0 Å². The van der Waals surface area contributed by atoms with E-state index in [1.54, 1.807) is 0 Å². The largest absolute Gasteiger partial charge is 0.481 e. The van der Waals surface area contributed by atoms with Crippen LogP contribution in [0.4, 0.5) is 0 Å². The van der Waals surface area contributed by atoms with Crippen LogP contribution in [0.15, 0.2) is 0 Å². The molecule has 3 N–H and O–H groups in total. The molecule has 0 aromatic rings. The summed E-state index contributed by atoms with van der Waals surface area (Å²) >= 11 is 0. The Balaban J connectivity index is 2.15. The number of hydrogen-bond donors (Lipinski definition) is 3. The molecule has 2 rings (SSSR count). The minimum absolute atomic E-state index is 0.00565. The van der Waals surface area contributed by atoms with Crippen LogP contribution in [0.2, 0.25) is 0 Å². The minimum Gasteiger partial charge on any atom is -0.481 e. The van der Waals surface area contributed by atoms with Crippen LogP contribution in [0.3, 0.4) is 0 Å². The van der Waals surface area contributed by atoms with Gasteiger partial charge >= 0.3 is 5.97 Å². The Hall–Kier alpha value is -0.610. The maximum Gasteiger partial charge on any atom is 0.306 e. The van der Waals surface area contributed by atoms with Gasteiger partial charge in [-0.05, 0) is 18.8 Å². The molecule has 0 heterocycles. The summed E-state index contributed by atoms with van der Waals surface area (Å²) in [7, 11) is 0. The summed E-state index contributed by atoms with van der Waals surface area (Å²) in [5.41, 5.74) is 0. The lowest BCUT2D eigenvalue weighted by molar-refractivity contribution is -0.147. The lowest BCUT2D eigenvalue weighted by Crippen LogP contribution is -2.39. The van der Waals surface area contributed by atoms with Gasteiger partial charge in [-0.15, -0.1) is 0 Å². The number of aliphatic hydroxyl groups excluding tert-OH is 2. The van der Waals surface area contributed by atoms with E-state index >= 15 is 0 Å². The van der Waals surface area contributed by atoms with Gasteiger partial charge in [0, 0.05) is 5.92 Å². The summed E-state index contributed by atoms with van der Waals surface area (Å²) in [6, 6.07) is 0. The van der Waals surface area contributed by atoms with Gasteiger partial charge in [-0.25, -0.2) is 0 Å². The van der Waals surface area contributed by atoms with Gasteiger partial charge < -0.3 is 15.3 Å². The van der Waals surface area contributed by atoms with Crippen LogP contribution in [-0.4, -0.2) is 33.5 Å². The van der Waals surface area contributed by atoms with Gasteiger partial charge in [-0.2, -0.15) is 0 Å². The first kappa shape index (κ1) is 8.01. The molecule has 0 aromatic carbocycles. The van der Waals surface area contributed by atoms with Gasteiger partial charge in [0.15, 0.2) is 0 Å². The topological polar surface area (TPSA) is 77.8 Å². The average Bonchev–Trinajstić information content (AvgIpc) is 2.53. The maximum absolute atomic E-state index is 10.7. The molecule has 2 fully saturated rings. The van der Waals surface area contributed by atoms with E-state index in [0.29, 0.717) is 12.8 Å². The highest BCUT2D eigenvalue weighted by molar-refractivity contribution is 5.71. The number of fused-ring (bicyclic) bond motifs is 2. The van der Waals surface area contributed by atoms with Crippen molar-refractivity contribution in [2.75, 3.05) is 0 Å². The highest BCUT2D eigenvalue weighted by Crippen LogP contribution is 2.48. The fourth-order valence-corrected chi connectivity index (χ4v) is 2.58. The number of rotatable bonds is 1. The SMILES string of the molecule is O=C(O)[C@H]1C[C@@H]2C[C@H]1[C@@H](O)[C@H]2O. The second-order valence-electron chi connectivity index (χ2n) is 3.82. The number of carbonyl (C=O) groups is 1. The summed E-state index contributed by atoms with van der Waals surface area (Å²) in [4.78, 5) is 10.7. The molecule has 2 bridgehead atoms. The highest BCUT2D eigenvalue weighted by atomic mass is 16.4. The highest BCUT2D eigenvalue weighted by Gasteiger charge is 2.53. The molecular formula is C8H12O4. The van der Waals surface area contributed by atoms with Crippen LogP contribution >= 0.6 is 0 Å². The maximum atomic E-state index is 10.7. The van der Waals surface area contributed by atoms with Gasteiger partial charge in [0.2, 0.25) is 0 Å². The van der Waals surface area contributed by atoms with Crippen molar-refractivity contribution in [1.29, 1.82) is 0 Å². The lowest BCUT2D eigenvalue weighted by atomic mass is 9.85. The molecule has 0 unspecified atom stereocenters. The third kappa shape index (κ3) is 0.881. The zero-order chi connectivity index (χ0) is 8.88. The van der Waals surface area contributed by atoms with Crippen molar-refractivity contribution in [1.82, 2.24) is 0 Å². The Kier molecular flexibility index (Phi) is 1.63. The van der Waals surface area contributed by atoms with E-state index in [4.69, 9.17) is 5.11 Å². The molecule has 4 heteroatoms. The van der Waals surface area contributed by atoms with Gasteiger partial charge in [-0.3, -0.25) is 4.79 Å². The van der Waals surface area contributed by atoms with E-state index in [1.807, 2.05) is 0 Å². The molecule has 0 spiro atoms. The molecule has 2 aliphatic rings. The third-order valence-corrected chi connectivity index (χ3v) is 3.24. The molecule has 2 saturated carbocycles. The summed E-state index contributed by atoms with van der Waals surface area (Å²) in [5.74, 6) is -1.49. The molecule has 0 amide bonds. The number of hydrogen-bond acceptors (Lipinski definition) is 3. The summed E-state index contributed by atoms with van der Waals surface area (Å²) in [6.45, 7) is 0. The van der Waals surface area contributed by atoms with E-state index in [0.717, 1.165) is 0 Å². The molecule has 68 valence electrons. The van der Waals surface area contributed by atoms with Gasteiger partial charge in [-0.1, -0.05) is 0 Å². The Morgan fingerprint density at radius 2 is 1.83 bits per heavy atom. The Bertz CT molecular complexity index is 213. The molecule has 0 aliphatic heterocycles. The third-order valence-electron chi connectivity index (χ3n) is 3.24.